The van der Waals surface area contributed by atoms with Gasteiger partial charge in [-0.2, -0.15) is 0 Å². The molecule has 4 nitrogen and oxygen atoms in total. The molecular formula is C20H33NO3S. The third-order valence-corrected chi connectivity index (χ3v) is 5.58. The molecule has 1 amide bonds. The van der Waals surface area contributed by atoms with Gasteiger partial charge in [0.25, 0.3) is 5.91 Å². The van der Waals surface area contributed by atoms with E-state index in [-0.39, 0.29) is 22.4 Å². The second kappa shape index (κ2) is 12.2. The number of hydrogen-bond acceptors (Lipinski definition) is 4. The van der Waals surface area contributed by atoms with Gasteiger partial charge >= 0.3 is 0 Å². The summed E-state index contributed by atoms with van der Waals surface area (Å²) in [4.78, 5) is 23.5. The highest BCUT2D eigenvalue weighted by molar-refractivity contribution is 8.15. The van der Waals surface area contributed by atoms with E-state index in [1.54, 1.807) is 6.08 Å². The van der Waals surface area contributed by atoms with Crippen LogP contribution in [-0.4, -0.2) is 28.9 Å². The van der Waals surface area contributed by atoms with Crippen molar-refractivity contribution in [2.75, 3.05) is 13.2 Å². The molecule has 25 heavy (non-hydrogen) atoms. The molecule has 0 aromatic carbocycles. The molecule has 0 radical (unpaired) electrons. The van der Waals surface area contributed by atoms with Gasteiger partial charge in [-0.3, -0.25) is 9.59 Å². The molecule has 1 aliphatic rings. The summed E-state index contributed by atoms with van der Waals surface area (Å²) in [5, 5.41) is 2.69. The van der Waals surface area contributed by atoms with Crippen LogP contribution in [0.5, 0.6) is 0 Å². The Morgan fingerprint density at radius 1 is 1.24 bits per heavy atom. The zero-order chi connectivity index (χ0) is 18.5. The van der Waals surface area contributed by atoms with Crippen molar-refractivity contribution in [3.05, 3.63) is 24.5 Å². The molecule has 0 saturated carbocycles. The van der Waals surface area contributed by atoms with E-state index in [0.29, 0.717) is 12.3 Å². The average molecular weight is 368 g/mol. The fourth-order valence-electron chi connectivity index (χ4n) is 2.91. The molecule has 5 heteroatoms. The molecule has 0 spiro atoms. The Labute approximate surface area is 156 Å². The number of rotatable bonds is 14. The van der Waals surface area contributed by atoms with E-state index in [2.05, 4.69) is 18.8 Å². The quantitative estimate of drug-likeness (QED) is 0.355. The Bertz CT molecular complexity index is 476. The fraction of sp³-hybridized carbons (Fsp3) is 0.700. The molecule has 0 saturated heterocycles. The number of amides is 1. The smallest absolute Gasteiger partial charge is 0.258 e. The van der Waals surface area contributed by atoms with Crippen molar-refractivity contribution in [3.8, 4) is 0 Å². The van der Waals surface area contributed by atoms with Gasteiger partial charge in [-0.05, 0) is 13.3 Å². The predicted molar refractivity (Wildman–Crippen MR) is 105 cm³/mol. The number of ether oxygens (including phenoxy) is 1. The maximum absolute atomic E-state index is 11.8. The number of unbranched alkanes of at least 4 members (excludes halogenated alkanes) is 7. The van der Waals surface area contributed by atoms with Crippen molar-refractivity contribution in [1.29, 1.82) is 0 Å². The first-order chi connectivity index (χ1) is 12.0. The molecule has 1 aliphatic heterocycles. The molecule has 1 heterocycles. The SMILES string of the molecule is C=CCNC(=O)COC1=CC(=O)S[C@]1(C)CCCCCCCCCC. The minimum absolute atomic E-state index is 0.0172. The van der Waals surface area contributed by atoms with Crippen molar-refractivity contribution < 1.29 is 14.3 Å². The van der Waals surface area contributed by atoms with Gasteiger partial charge in [0.2, 0.25) is 5.12 Å². The molecule has 1 N–H and O–H groups in total. The highest BCUT2D eigenvalue weighted by Gasteiger charge is 2.39. The van der Waals surface area contributed by atoms with Gasteiger partial charge in [0, 0.05) is 12.6 Å². The van der Waals surface area contributed by atoms with E-state index in [1.165, 1.54) is 62.8 Å². The van der Waals surface area contributed by atoms with E-state index in [4.69, 9.17) is 4.74 Å². The van der Waals surface area contributed by atoms with Crippen molar-refractivity contribution in [2.45, 2.75) is 76.4 Å². The predicted octanol–water partition coefficient (Wildman–Crippen LogP) is 4.75. The summed E-state index contributed by atoms with van der Waals surface area (Å²) in [5.74, 6) is 0.443. The fourth-order valence-corrected chi connectivity index (χ4v) is 3.98. The van der Waals surface area contributed by atoms with Crippen LogP contribution in [0.3, 0.4) is 0 Å². The summed E-state index contributed by atoms with van der Waals surface area (Å²) in [6.45, 7) is 8.20. The van der Waals surface area contributed by atoms with Crippen LogP contribution in [0.2, 0.25) is 0 Å². The third kappa shape index (κ3) is 8.61. The lowest BCUT2D eigenvalue weighted by Crippen LogP contribution is -2.30. The second-order valence-corrected chi connectivity index (χ2v) is 8.27. The van der Waals surface area contributed by atoms with Crippen molar-refractivity contribution in [2.24, 2.45) is 0 Å². The van der Waals surface area contributed by atoms with Gasteiger partial charge < -0.3 is 10.1 Å². The van der Waals surface area contributed by atoms with Crippen LogP contribution in [0.25, 0.3) is 0 Å². The first-order valence-electron chi connectivity index (χ1n) is 9.47. The number of carbonyl (C=O) groups is 2. The largest absolute Gasteiger partial charge is 0.486 e. The molecule has 0 bridgehead atoms. The first kappa shape index (κ1) is 21.8. The summed E-state index contributed by atoms with van der Waals surface area (Å²) in [6, 6.07) is 0. The first-order valence-corrected chi connectivity index (χ1v) is 10.3. The molecular weight excluding hydrogens is 334 g/mol. The summed E-state index contributed by atoms with van der Waals surface area (Å²) in [5.41, 5.74) is 0. The molecule has 0 aromatic rings. The van der Waals surface area contributed by atoms with Crippen LogP contribution in [0.4, 0.5) is 0 Å². The Morgan fingerprint density at radius 2 is 1.88 bits per heavy atom. The van der Waals surface area contributed by atoms with E-state index < -0.39 is 0 Å². The van der Waals surface area contributed by atoms with E-state index in [0.717, 1.165) is 12.8 Å². The summed E-state index contributed by atoms with van der Waals surface area (Å²) >= 11 is 1.32. The zero-order valence-electron chi connectivity index (χ0n) is 15.8. The zero-order valence-corrected chi connectivity index (χ0v) is 16.6. The third-order valence-electron chi connectivity index (χ3n) is 4.41. The van der Waals surface area contributed by atoms with Gasteiger partial charge in [-0.25, -0.2) is 0 Å². The number of thioether (sulfide) groups is 1. The minimum atomic E-state index is -0.335. The van der Waals surface area contributed by atoms with E-state index in [9.17, 15) is 9.59 Å². The monoisotopic (exact) mass is 367 g/mol. The number of carbonyl (C=O) groups excluding carboxylic acids is 2. The van der Waals surface area contributed by atoms with Crippen LogP contribution in [-0.2, 0) is 14.3 Å². The topological polar surface area (TPSA) is 55.4 Å². The molecule has 0 unspecified atom stereocenters. The summed E-state index contributed by atoms with van der Waals surface area (Å²) in [6.07, 6.45) is 14.2. The lowest BCUT2D eigenvalue weighted by Gasteiger charge is -2.25. The molecule has 1 atom stereocenters. The standard InChI is InChI=1S/C20H33NO3S/c1-4-6-7-8-9-10-11-12-13-20(3)17(15-19(23)25-20)24-16-18(22)21-14-5-2/h5,15H,2,4,6-14,16H2,1,3H3,(H,21,22)/t20-/m1/s1. The lowest BCUT2D eigenvalue weighted by atomic mass is 9.98. The van der Waals surface area contributed by atoms with Crippen LogP contribution >= 0.6 is 11.8 Å². The molecule has 0 aromatic heterocycles. The van der Waals surface area contributed by atoms with E-state index >= 15 is 0 Å². The van der Waals surface area contributed by atoms with Crippen LogP contribution in [0.15, 0.2) is 24.5 Å². The highest BCUT2D eigenvalue weighted by Crippen LogP contribution is 2.43. The number of nitrogens with one attached hydrogen (secondary N) is 1. The second-order valence-electron chi connectivity index (χ2n) is 6.77. The van der Waals surface area contributed by atoms with Crippen molar-refractivity contribution in [1.82, 2.24) is 5.32 Å². The van der Waals surface area contributed by atoms with E-state index in [1.807, 2.05) is 6.92 Å². The molecule has 0 aliphatic carbocycles. The Balaban J connectivity index is 2.30. The van der Waals surface area contributed by atoms with Gasteiger partial charge in [-0.15, -0.1) is 6.58 Å². The Morgan fingerprint density at radius 3 is 2.52 bits per heavy atom. The van der Waals surface area contributed by atoms with Gasteiger partial charge in [0.1, 0.15) is 5.76 Å². The minimum Gasteiger partial charge on any atom is -0.486 e. The maximum Gasteiger partial charge on any atom is 0.258 e. The average Bonchev–Trinajstić information content (AvgIpc) is 2.87. The molecule has 142 valence electrons. The van der Waals surface area contributed by atoms with Gasteiger partial charge in [0.15, 0.2) is 6.61 Å². The molecule has 1 rings (SSSR count). The molecule has 0 fully saturated rings. The lowest BCUT2D eigenvalue weighted by molar-refractivity contribution is -0.124. The summed E-state index contributed by atoms with van der Waals surface area (Å²) in [7, 11) is 0. The van der Waals surface area contributed by atoms with Crippen molar-refractivity contribution in [3.63, 3.8) is 0 Å². The Kier molecular flexibility index (Phi) is 10.6. The maximum atomic E-state index is 11.8. The Hall–Kier alpha value is -1.23. The normalized spacial score (nSPS) is 19.6. The van der Waals surface area contributed by atoms with Crippen molar-refractivity contribution >= 4 is 22.8 Å². The van der Waals surface area contributed by atoms with Crippen LogP contribution in [0.1, 0.15) is 71.6 Å². The summed E-state index contributed by atoms with van der Waals surface area (Å²) < 4.78 is 5.31. The number of hydrogen-bond donors (Lipinski definition) is 1. The van der Waals surface area contributed by atoms with Gasteiger partial charge in [-0.1, -0.05) is 76.1 Å². The van der Waals surface area contributed by atoms with Crippen LogP contribution < -0.4 is 5.32 Å². The van der Waals surface area contributed by atoms with Gasteiger partial charge in [0.05, 0.1) is 4.75 Å². The highest BCUT2D eigenvalue weighted by atomic mass is 32.2. The van der Waals surface area contributed by atoms with Crippen LogP contribution in [0, 0.1) is 0 Å².